The highest BCUT2D eigenvalue weighted by Gasteiger charge is 2.58. The number of aromatic nitrogens is 5. The minimum absolute atomic E-state index is 0.0274. The Morgan fingerprint density at radius 1 is 1.16 bits per heavy atom. The number of anilines is 1. The van der Waals surface area contributed by atoms with E-state index in [-0.39, 0.29) is 23.6 Å². The maximum absolute atomic E-state index is 14.4. The Hall–Kier alpha value is -3.92. The molecule has 1 atom stereocenters. The van der Waals surface area contributed by atoms with Crippen molar-refractivity contribution < 1.29 is 36.4 Å². The maximum atomic E-state index is 14.4. The van der Waals surface area contributed by atoms with Gasteiger partial charge in [0.05, 0.1) is 25.0 Å². The average Bonchev–Trinajstić information content (AvgIpc) is 3.49. The lowest BCUT2D eigenvalue weighted by molar-refractivity contribution is -0.245. The third-order valence-corrected chi connectivity index (χ3v) is 5.67. The number of carbonyl (C=O) groups is 1. The lowest BCUT2D eigenvalue weighted by Gasteiger charge is -2.27. The second kappa shape index (κ2) is 9.85. The molecule has 0 unspecified atom stereocenters. The molecule has 3 aromatic heterocycles. The van der Waals surface area contributed by atoms with E-state index in [0.29, 0.717) is 22.1 Å². The topological polar surface area (TPSA) is 145 Å². The molecular weight excluding hydrogens is 573 g/mol. The number of nitrogens with two attached hydrogens (primary N) is 1. The van der Waals surface area contributed by atoms with E-state index >= 15 is 0 Å². The van der Waals surface area contributed by atoms with E-state index in [0.717, 1.165) is 0 Å². The summed E-state index contributed by atoms with van der Waals surface area (Å²) in [5, 5.41) is 19.8. The summed E-state index contributed by atoms with van der Waals surface area (Å²) in [6.45, 7) is -1.58. The molecule has 4 N–H and O–H groups in total. The number of halogens is 6. The summed E-state index contributed by atoms with van der Waals surface area (Å²) in [5.74, 6) is -4.78. The fraction of sp³-hybridized carbons (Fsp3) is 0.190. The molecule has 1 amide bonds. The number of carbonyl (C=O) groups excluding carboxylic acids is 1. The Labute approximate surface area is 212 Å². The zero-order valence-corrected chi connectivity index (χ0v) is 19.9. The normalized spacial score (nSPS) is 13.4. The highest BCUT2D eigenvalue weighted by molar-refractivity contribution is 9.10. The molecule has 3 heterocycles. The van der Waals surface area contributed by atoms with Crippen LogP contribution in [0, 0.1) is 11.6 Å². The van der Waals surface area contributed by atoms with Crippen LogP contribution in [-0.2, 0) is 11.3 Å². The molecule has 0 saturated heterocycles. The molecule has 0 aliphatic rings. The third kappa shape index (κ3) is 5.29. The van der Waals surface area contributed by atoms with Gasteiger partial charge in [-0.2, -0.15) is 18.3 Å². The van der Waals surface area contributed by atoms with Gasteiger partial charge in [0.15, 0.2) is 17.5 Å². The molecular formula is C21H15BrF5N7O3. The second-order valence-electron chi connectivity index (χ2n) is 7.66. The smallest absolute Gasteiger partial charge is 0.371 e. The molecule has 4 rings (SSSR count). The predicted octanol–water partition coefficient (Wildman–Crippen LogP) is 3.27. The number of benzene rings is 1. The first kappa shape index (κ1) is 26.2. The molecule has 0 bridgehead atoms. The Balaban J connectivity index is 1.69. The van der Waals surface area contributed by atoms with E-state index in [1.807, 2.05) is 5.32 Å². The standard InChI is InChI=1S/C21H15BrF5N7O3/c22-11-2-1-10(12(23)5-11)8-34-16(14-3-4-37-33-14)6-15(32-34)18-29-7-13(24)17(31-18)30-9-20(36,19(28)35)21(25,26)27/h1-7,36H,8-9H2,(H2,28,35)(H,29,30,31)/t20-/m1/s1. The maximum Gasteiger partial charge on any atom is 0.428 e. The number of primary amides is 1. The van der Waals surface area contributed by atoms with E-state index in [4.69, 9.17) is 10.3 Å². The summed E-state index contributed by atoms with van der Waals surface area (Å²) < 4.78 is 74.9. The molecule has 0 spiro atoms. The van der Waals surface area contributed by atoms with Crippen molar-refractivity contribution in [3.05, 3.63) is 64.5 Å². The molecule has 0 radical (unpaired) electrons. The summed E-state index contributed by atoms with van der Waals surface area (Å²) in [6.07, 6.45) is -3.49. The zero-order valence-electron chi connectivity index (χ0n) is 18.3. The van der Waals surface area contributed by atoms with Crippen LogP contribution in [0.5, 0.6) is 0 Å². The van der Waals surface area contributed by atoms with Gasteiger partial charge < -0.3 is 20.7 Å². The van der Waals surface area contributed by atoms with Gasteiger partial charge in [-0.25, -0.2) is 18.7 Å². The summed E-state index contributed by atoms with van der Waals surface area (Å²) in [7, 11) is 0. The first-order valence-electron chi connectivity index (χ1n) is 10.2. The summed E-state index contributed by atoms with van der Waals surface area (Å²) in [5.41, 5.74) is 1.66. The lowest BCUT2D eigenvalue weighted by atomic mass is 10.0. The van der Waals surface area contributed by atoms with Crippen LogP contribution >= 0.6 is 15.9 Å². The van der Waals surface area contributed by atoms with Crippen molar-refractivity contribution in [1.29, 1.82) is 0 Å². The largest absolute Gasteiger partial charge is 0.428 e. The van der Waals surface area contributed by atoms with Gasteiger partial charge in [0.1, 0.15) is 23.5 Å². The minimum atomic E-state index is -5.44. The first-order chi connectivity index (χ1) is 17.4. The first-order valence-corrected chi connectivity index (χ1v) is 11.0. The van der Waals surface area contributed by atoms with Gasteiger partial charge >= 0.3 is 6.18 Å². The van der Waals surface area contributed by atoms with Crippen molar-refractivity contribution in [3.63, 3.8) is 0 Å². The highest BCUT2D eigenvalue weighted by Crippen LogP contribution is 2.31. The molecule has 10 nitrogen and oxygen atoms in total. The Morgan fingerprint density at radius 2 is 1.92 bits per heavy atom. The van der Waals surface area contributed by atoms with Crippen molar-refractivity contribution in [2.45, 2.75) is 18.3 Å². The molecule has 0 aliphatic heterocycles. The Kier molecular flexibility index (Phi) is 6.96. The molecule has 0 aliphatic carbocycles. The number of aliphatic hydroxyl groups is 1. The van der Waals surface area contributed by atoms with Crippen molar-refractivity contribution >= 4 is 27.7 Å². The fourth-order valence-electron chi connectivity index (χ4n) is 3.16. The monoisotopic (exact) mass is 587 g/mol. The average molecular weight is 588 g/mol. The van der Waals surface area contributed by atoms with Gasteiger partial charge in [-0.3, -0.25) is 9.48 Å². The number of hydrogen-bond donors (Lipinski definition) is 3. The van der Waals surface area contributed by atoms with E-state index in [1.54, 1.807) is 6.07 Å². The summed E-state index contributed by atoms with van der Waals surface area (Å²) >= 11 is 3.18. The van der Waals surface area contributed by atoms with Crippen LogP contribution in [0.1, 0.15) is 5.56 Å². The minimum Gasteiger partial charge on any atom is -0.371 e. The van der Waals surface area contributed by atoms with Crippen LogP contribution in [0.4, 0.5) is 27.8 Å². The molecule has 37 heavy (non-hydrogen) atoms. The van der Waals surface area contributed by atoms with Crippen LogP contribution in [0.15, 0.2) is 51.8 Å². The van der Waals surface area contributed by atoms with Crippen LogP contribution in [0.2, 0.25) is 0 Å². The Morgan fingerprint density at radius 3 is 2.54 bits per heavy atom. The number of amides is 1. The van der Waals surface area contributed by atoms with Crippen LogP contribution in [0.25, 0.3) is 22.9 Å². The summed E-state index contributed by atoms with van der Waals surface area (Å²) in [6, 6.07) is 7.37. The van der Waals surface area contributed by atoms with Gasteiger partial charge in [0.25, 0.3) is 11.5 Å². The zero-order chi connectivity index (χ0) is 27.0. The van der Waals surface area contributed by atoms with Gasteiger partial charge in [0, 0.05) is 16.1 Å². The van der Waals surface area contributed by atoms with Gasteiger partial charge in [-0.05, 0) is 18.2 Å². The van der Waals surface area contributed by atoms with Gasteiger partial charge in [-0.15, -0.1) is 0 Å². The van der Waals surface area contributed by atoms with Crippen molar-refractivity contribution in [1.82, 2.24) is 24.9 Å². The van der Waals surface area contributed by atoms with Crippen LogP contribution in [0.3, 0.4) is 0 Å². The van der Waals surface area contributed by atoms with Crippen LogP contribution in [-0.4, -0.2) is 54.2 Å². The molecule has 0 saturated carbocycles. The third-order valence-electron chi connectivity index (χ3n) is 5.18. The summed E-state index contributed by atoms with van der Waals surface area (Å²) in [4.78, 5) is 18.9. The number of alkyl halides is 3. The molecule has 1 aromatic carbocycles. The molecule has 0 fully saturated rings. The van der Waals surface area contributed by atoms with Gasteiger partial charge in [-0.1, -0.05) is 27.2 Å². The van der Waals surface area contributed by atoms with Crippen LogP contribution < -0.4 is 11.1 Å². The van der Waals surface area contributed by atoms with Gasteiger partial charge in [0.2, 0.25) is 0 Å². The number of nitrogens with zero attached hydrogens (tertiary/aromatic N) is 5. The molecule has 194 valence electrons. The number of nitrogens with one attached hydrogen (secondary N) is 1. The predicted molar refractivity (Wildman–Crippen MR) is 121 cm³/mol. The number of hydrogen-bond acceptors (Lipinski definition) is 8. The van der Waals surface area contributed by atoms with Crippen molar-refractivity contribution in [3.8, 4) is 22.9 Å². The molecule has 16 heteroatoms. The molecule has 4 aromatic rings. The van der Waals surface area contributed by atoms with E-state index in [9.17, 15) is 31.9 Å². The highest BCUT2D eigenvalue weighted by atomic mass is 79.9. The Bertz CT molecular complexity index is 1450. The quantitative estimate of drug-likeness (QED) is 0.266. The van der Waals surface area contributed by atoms with E-state index in [1.165, 1.54) is 35.2 Å². The van der Waals surface area contributed by atoms with E-state index in [2.05, 4.69) is 36.2 Å². The van der Waals surface area contributed by atoms with Crippen molar-refractivity contribution in [2.75, 3.05) is 11.9 Å². The fourth-order valence-corrected chi connectivity index (χ4v) is 3.50. The second-order valence-corrected chi connectivity index (χ2v) is 8.57. The lowest BCUT2D eigenvalue weighted by Crippen LogP contribution is -2.59. The number of rotatable bonds is 8. The van der Waals surface area contributed by atoms with E-state index < -0.39 is 41.7 Å². The SMILES string of the molecule is NC(=O)[C@](O)(CNc1nc(-c2cc(-c3ccon3)n(Cc3ccc(Br)cc3F)n2)ncc1F)C(F)(F)F. The van der Waals surface area contributed by atoms with Crippen molar-refractivity contribution in [2.24, 2.45) is 5.73 Å².